The van der Waals surface area contributed by atoms with Crippen molar-refractivity contribution in [1.82, 2.24) is 20.2 Å². The highest BCUT2D eigenvalue weighted by Crippen LogP contribution is 2.39. The fraction of sp³-hybridized carbons (Fsp3) is 0.317. The molecule has 2 fully saturated rings. The third-order valence-corrected chi connectivity index (χ3v) is 10.2. The smallest absolute Gasteiger partial charge is 0.387 e. The highest BCUT2D eigenvalue weighted by molar-refractivity contribution is 5.86. The Hall–Kier alpha value is -5.71. The second-order valence-corrected chi connectivity index (χ2v) is 13.8. The minimum absolute atomic E-state index is 0.163. The quantitative estimate of drug-likeness (QED) is 0.137. The van der Waals surface area contributed by atoms with Crippen LogP contribution in [0.3, 0.4) is 0 Å². The van der Waals surface area contributed by atoms with Gasteiger partial charge in [0.2, 0.25) is 11.8 Å². The van der Waals surface area contributed by atoms with Crippen LogP contribution in [0.5, 0.6) is 5.75 Å². The highest BCUT2D eigenvalue weighted by atomic mass is 19.3. The van der Waals surface area contributed by atoms with Gasteiger partial charge in [0.1, 0.15) is 41.7 Å². The predicted molar refractivity (Wildman–Crippen MR) is 194 cm³/mol. The van der Waals surface area contributed by atoms with Gasteiger partial charge in [0.25, 0.3) is 0 Å². The van der Waals surface area contributed by atoms with Crippen molar-refractivity contribution in [2.24, 2.45) is 0 Å². The molecule has 0 radical (unpaired) electrons. The summed E-state index contributed by atoms with van der Waals surface area (Å²) in [6.07, 6.45) is 1.18. The molecule has 13 heteroatoms. The van der Waals surface area contributed by atoms with Gasteiger partial charge < -0.3 is 23.6 Å². The highest BCUT2D eigenvalue weighted by Gasteiger charge is 2.26. The Morgan fingerprint density at radius 3 is 2.33 bits per heavy atom. The van der Waals surface area contributed by atoms with Crippen molar-refractivity contribution in [1.29, 1.82) is 5.26 Å². The average molecular weight is 736 g/mol. The monoisotopic (exact) mass is 735 g/mol. The number of hydrogen-bond donors (Lipinski definition) is 1. The summed E-state index contributed by atoms with van der Waals surface area (Å²) in [6.45, 7) is 2.84. The Morgan fingerprint density at radius 2 is 1.69 bits per heavy atom. The van der Waals surface area contributed by atoms with Gasteiger partial charge in [0.05, 0.1) is 5.56 Å². The van der Waals surface area contributed by atoms with Crippen LogP contribution in [0.2, 0.25) is 0 Å². The van der Waals surface area contributed by atoms with E-state index in [9.17, 15) is 23.2 Å². The maximum atomic E-state index is 13.8. The fourth-order valence-electron chi connectivity index (χ4n) is 7.45. The van der Waals surface area contributed by atoms with Crippen LogP contribution in [0.4, 0.5) is 13.2 Å². The van der Waals surface area contributed by atoms with Gasteiger partial charge in [0, 0.05) is 42.4 Å². The molecule has 0 aliphatic carbocycles. The van der Waals surface area contributed by atoms with Crippen LogP contribution >= 0.6 is 0 Å². The van der Waals surface area contributed by atoms with E-state index < -0.39 is 24.8 Å². The molecular weight excluding hydrogens is 699 g/mol. The van der Waals surface area contributed by atoms with Crippen molar-refractivity contribution in [3.05, 3.63) is 88.5 Å². The molecule has 276 valence electrons. The Bertz CT molecular complexity index is 2430. The normalized spacial score (nSPS) is 17.5. The van der Waals surface area contributed by atoms with Crippen molar-refractivity contribution < 1.29 is 36.3 Å². The molecule has 0 saturated carbocycles. The second kappa shape index (κ2) is 14.6. The summed E-state index contributed by atoms with van der Waals surface area (Å²) in [7, 11) is 0. The van der Waals surface area contributed by atoms with E-state index in [1.54, 1.807) is 6.07 Å². The number of esters is 1. The number of halogens is 3. The number of likely N-dealkylation sites (tertiary alicyclic amines) is 1. The molecule has 0 spiro atoms. The Kier molecular flexibility index (Phi) is 9.56. The Balaban J connectivity index is 1.10. The molecule has 2 aromatic heterocycles. The van der Waals surface area contributed by atoms with Gasteiger partial charge in [-0.15, -0.1) is 0 Å². The Labute approximate surface area is 308 Å². The molecule has 0 amide bonds. The molecule has 2 atom stereocenters. The summed E-state index contributed by atoms with van der Waals surface area (Å²) in [5.74, 6) is 0.0367. The minimum atomic E-state index is -3.10. The number of carbonyl (C=O) groups is 1. The van der Waals surface area contributed by atoms with E-state index in [-0.39, 0.29) is 29.4 Å². The summed E-state index contributed by atoms with van der Waals surface area (Å²) >= 11 is 0. The lowest BCUT2D eigenvalue weighted by molar-refractivity contribution is -0.147. The zero-order valence-corrected chi connectivity index (χ0v) is 29.6. The number of aromatic nitrogens is 2. The predicted octanol–water partition coefficient (Wildman–Crippen LogP) is 8.40. The molecule has 10 nitrogen and oxygen atoms in total. The zero-order chi connectivity index (χ0) is 37.5. The van der Waals surface area contributed by atoms with Crippen LogP contribution < -0.4 is 10.1 Å². The molecule has 2 saturated heterocycles. The lowest BCUT2D eigenvalue weighted by Gasteiger charge is -2.14. The van der Waals surface area contributed by atoms with Crippen LogP contribution in [0, 0.1) is 25.2 Å². The molecule has 2 aliphatic heterocycles. The topological polar surface area (TPSA) is 127 Å². The van der Waals surface area contributed by atoms with Crippen LogP contribution in [-0.2, 0) is 22.7 Å². The van der Waals surface area contributed by atoms with E-state index in [1.165, 1.54) is 12.1 Å². The third-order valence-electron chi connectivity index (χ3n) is 10.2. The van der Waals surface area contributed by atoms with Crippen molar-refractivity contribution in [2.75, 3.05) is 19.6 Å². The number of alkyl halides is 3. The molecule has 1 N–H and O–H groups in total. The number of oxazole rings is 2. The standard InChI is InChI=1S/C41H36F3N5O5/c1-22-28(29-7-4-9-31(23(29)2)39-48-34-15-24(14-25(18-45)37(34)54-39)19-49-13-11-27(42)20-49)6-3-8-30(22)38-47-33-16-26(21-51-40(50)32-10-5-12-46-32)35(53-41(43)44)17-36(33)52-38/h3-4,6-9,14-17,27,32,41,46H,5,10-13,19-21H2,1-2H3/t27?,32-/m1/s1. The number of hydrogen-bond acceptors (Lipinski definition) is 10. The van der Waals surface area contributed by atoms with E-state index in [2.05, 4.69) is 11.4 Å². The molecule has 1 unspecified atom stereocenters. The van der Waals surface area contributed by atoms with Crippen molar-refractivity contribution in [3.63, 3.8) is 0 Å². The van der Waals surface area contributed by atoms with E-state index in [1.807, 2.05) is 61.2 Å². The first kappa shape index (κ1) is 35.3. The van der Waals surface area contributed by atoms with Gasteiger partial charge in [0.15, 0.2) is 11.2 Å². The number of benzene rings is 4. The fourth-order valence-corrected chi connectivity index (χ4v) is 7.45. The minimum Gasteiger partial charge on any atom is -0.460 e. The number of nitrogens with one attached hydrogen (secondary N) is 1. The summed E-state index contributed by atoms with van der Waals surface area (Å²) in [5.41, 5.74) is 8.08. The van der Waals surface area contributed by atoms with Gasteiger partial charge in [-0.05, 0) is 97.8 Å². The van der Waals surface area contributed by atoms with E-state index in [4.69, 9.17) is 28.3 Å². The van der Waals surface area contributed by atoms with E-state index in [0.29, 0.717) is 72.7 Å². The molecule has 0 bridgehead atoms. The third kappa shape index (κ3) is 6.90. The van der Waals surface area contributed by atoms with Crippen molar-refractivity contribution >= 4 is 28.2 Å². The lowest BCUT2D eigenvalue weighted by atomic mass is 9.91. The van der Waals surface area contributed by atoms with Crippen molar-refractivity contribution in [2.45, 2.75) is 65.1 Å². The molecule has 4 heterocycles. The number of ether oxygens (including phenoxy) is 2. The van der Waals surface area contributed by atoms with Crippen molar-refractivity contribution in [3.8, 4) is 45.9 Å². The van der Waals surface area contributed by atoms with Crippen LogP contribution in [0.25, 0.3) is 56.2 Å². The van der Waals surface area contributed by atoms with Gasteiger partial charge in [-0.2, -0.15) is 14.0 Å². The van der Waals surface area contributed by atoms with Crippen LogP contribution in [0.1, 0.15) is 47.1 Å². The first-order valence-electron chi connectivity index (χ1n) is 17.8. The van der Waals surface area contributed by atoms with E-state index in [0.717, 1.165) is 39.8 Å². The van der Waals surface area contributed by atoms with Gasteiger partial charge in [-0.1, -0.05) is 24.3 Å². The molecule has 6 aromatic rings. The van der Waals surface area contributed by atoms with E-state index >= 15 is 0 Å². The maximum Gasteiger partial charge on any atom is 0.387 e. The molecule has 8 rings (SSSR count). The summed E-state index contributed by atoms with van der Waals surface area (Å²) < 4.78 is 63.2. The van der Waals surface area contributed by atoms with Gasteiger partial charge in [-0.3, -0.25) is 9.69 Å². The zero-order valence-electron chi connectivity index (χ0n) is 29.6. The van der Waals surface area contributed by atoms with Crippen LogP contribution in [-0.4, -0.2) is 59.3 Å². The van der Waals surface area contributed by atoms with Gasteiger partial charge in [-0.25, -0.2) is 14.4 Å². The number of nitriles is 1. The first-order chi connectivity index (χ1) is 26.1. The first-order valence-corrected chi connectivity index (χ1v) is 17.8. The molecule has 4 aromatic carbocycles. The second-order valence-electron chi connectivity index (χ2n) is 13.8. The Morgan fingerprint density at radius 1 is 0.981 bits per heavy atom. The number of rotatable bonds is 10. The maximum absolute atomic E-state index is 13.8. The molecule has 2 aliphatic rings. The molecular formula is C41H36F3N5O5. The summed E-state index contributed by atoms with van der Waals surface area (Å²) in [4.78, 5) is 24.1. The average Bonchev–Trinajstić information content (AvgIpc) is 3.98. The summed E-state index contributed by atoms with van der Waals surface area (Å²) in [6, 6.07) is 19.9. The number of carbonyl (C=O) groups excluding carboxylic acids is 1. The van der Waals surface area contributed by atoms with Crippen LogP contribution in [0.15, 0.2) is 69.5 Å². The largest absolute Gasteiger partial charge is 0.460 e. The lowest BCUT2D eigenvalue weighted by Crippen LogP contribution is -2.32. The number of fused-ring (bicyclic) bond motifs is 2. The number of nitrogens with zero attached hydrogens (tertiary/aromatic N) is 4. The summed E-state index contributed by atoms with van der Waals surface area (Å²) in [5, 5.41) is 13.0. The van der Waals surface area contributed by atoms with Gasteiger partial charge >= 0.3 is 12.6 Å². The molecule has 54 heavy (non-hydrogen) atoms. The SMILES string of the molecule is Cc1c(-c2nc3cc(COC(=O)[C@H]4CCCN4)c(OC(F)F)cc3o2)cccc1-c1cccc(-c2nc3cc(CN4CCC(F)C4)cc(C#N)c3o2)c1C.